The van der Waals surface area contributed by atoms with Crippen LogP contribution in [0.2, 0.25) is 0 Å². The van der Waals surface area contributed by atoms with Gasteiger partial charge in [-0.1, -0.05) is 18.6 Å². The molecule has 0 spiro atoms. The van der Waals surface area contributed by atoms with Gasteiger partial charge < -0.3 is 14.8 Å². The predicted molar refractivity (Wildman–Crippen MR) is 129 cm³/mol. The summed E-state index contributed by atoms with van der Waals surface area (Å²) in [5, 5.41) is 2.86. The number of piperidine rings is 1. The molecule has 0 unspecified atom stereocenters. The molecule has 1 N–H and O–H groups in total. The molecule has 34 heavy (non-hydrogen) atoms. The van der Waals surface area contributed by atoms with Crippen molar-refractivity contribution in [1.29, 1.82) is 0 Å². The molecule has 0 atom stereocenters. The minimum atomic E-state index is -3.44. The van der Waals surface area contributed by atoms with Gasteiger partial charge >= 0.3 is 0 Å². The molecule has 0 saturated carbocycles. The van der Waals surface area contributed by atoms with Gasteiger partial charge in [-0.2, -0.15) is 4.31 Å². The summed E-state index contributed by atoms with van der Waals surface area (Å²) in [5.74, 6) is 0.420. The van der Waals surface area contributed by atoms with Gasteiger partial charge in [0.2, 0.25) is 10.0 Å². The Bertz CT molecular complexity index is 1030. The first-order chi connectivity index (χ1) is 16.5. The second-order valence-electron chi connectivity index (χ2n) is 8.63. The molecule has 2 fully saturated rings. The van der Waals surface area contributed by atoms with E-state index in [0.717, 1.165) is 52.1 Å². The van der Waals surface area contributed by atoms with E-state index in [9.17, 15) is 13.2 Å². The number of carbonyl (C=O) groups excluding carboxylic acids is 1. The van der Waals surface area contributed by atoms with Crippen LogP contribution in [0.5, 0.6) is 5.75 Å². The molecular formula is C25H33N3O5S. The molecule has 2 aliphatic rings. The number of benzene rings is 2. The van der Waals surface area contributed by atoms with E-state index >= 15 is 0 Å². The Balaban J connectivity index is 1.20. The number of rotatable bonds is 9. The molecule has 2 aromatic rings. The van der Waals surface area contributed by atoms with Crippen molar-refractivity contribution in [3.05, 3.63) is 59.7 Å². The van der Waals surface area contributed by atoms with Crippen LogP contribution in [0.25, 0.3) is 0 Å². The Hall–Kier alpha value is -2.46. The zero-order valence-electron chi connectivity index (χ0n) is 19.4. The van der Waals surface area contributed by atoms with Gasteiger partial charge in [0.1, 0.15) is 12.4 Å². The largest absolute Gasteiger partial charge is 0.492 e. The lowest BCUT2D eigenvalue weighted by atomic mass is 10.1. The number of hydrogen-bond acceptors (Lipinski definition) is 6. The number of nitrogens with zero attached hydrogens (tertiary/aromatic N) is 2. The average Bonchev–Trinajstić information content (AvgIpc) is 2.88. The van der Waals surface area contributed by atoms with Crippen LogP contribution in [-0.2, 0) is 21.3 Å². The third kappa shape index (κ3) is 6.56. The Labute approximate surface area is 201 Å². The SMILES string of the molecule is O=C(NCCOc1ccc(S(=O)(=O)N2CCCCC2)cc1)c1ccc(CN2CCOCC2)cc1. The fraction of sp³-hybridized carbons (Fsp3) is 0.480. The molecule has 2 aliphatic heterocycles. The summed E-state index contributed by atoms with van der Waals surface area (Å²) >= 11 is 0. The average molecular weight is 488 g/mol. The van der Waals surface area contributed by atoms with E-state index < -0.39 is 10.0 Å². The van der Waals surface area contributed by atoms with Crippen molar-refractivity contribution in [2.24, 2.45) is 0 Å². The molecule has 9 heteroatoms. The van der Waals surface area contributed by atoms with E-state index in [-0.39, 0.29) is 10.8 Å². The molecule has 0 aromatic heterocycles. The van der Waals surface area contributed by atoms with Crippen molar-refractivity contribution in [1.82, 2.24) is 14.5 Å². The van der Waals surface area contributed by atoms with Crippen LogP contribution in [0.3, 0.4) is 0 Å². The molecule has 1 amide bonds. The van der Waals surface area contributed by atoms with Crippen molar-refractivity contribution in [3.8, 4) is 5.75 Å². The van der Waals surface area contributed by atoms with Crippen LogP contribution in [0.15, 0.2) is 53.4 Å². The fourth-order valence-corrected chi connectivity index (χ4v) is 5.69. The van der Waals surface area contributed by atoms with Gasteiger partial charge in [0.05, 0.1) is 24.7 Å². The van der Waals surface area contributed by atoms with Crippen LogP contribution in [0, 0.1) is 0 Å². The van der Waals surface area contributed by atoms with Crippen LogP contribution in [0.1, 0.15) is 35.2 Å². The molecule has 2 aromatic carbocycles. The maximum atomic E-state index is 12.7. The standard InChI is InChI=1S/C25H33N3O5S/c29-25(22-6-4-21(5-7-22)20-27-15-18-32-19-16-27)26-12-17-33-23-8-10-24(11-9-23)34(30,31)28-13-2-1-3-14-28/h4-11H,1-3,12-20H2,(H,26,29). The van der Waals surface area contributed by atoms with E-state index in [0.29, 0.717) is 37.6 Å². The van der Waals surface area contributed by atoms with E-state index in [4.69, 9.17) is 9.47 Å². The second kappa shape index (κ2) is 11.8. The van der Waals surface area contributed by atoms with Crippen molar-refractivity contribution in [2.75, 3.05) is 52.5 Å². The lowest BCUT2D eigenvalue weighted by molar-refractivity contribution is 0.0342. The summed E-state index contributed by atoms with van der Waals surface area (Å²) in [4.78, 5) is 15.0. The number of hydrogen-bond donors (Lipinski definition) is 1. The predicted octanol–water partition coefficient (Wildman–Crippen LogP) is 2.50. The topological polar surface area (TPSA) is 88.2 Å². The number of nitrogens with one attached hydrogen (secondary N) is 1. The van der Waals surface area contributed by atoms with Gasteiger partial charge in [-0.25, -0.2) is 8.42 Å². The van der Waals surface area contributed by atoms with E-state index in [1.54, 1.807) is 28.6 Å². The number of ether oxygens (including phenoxy) is 2. The first-order valence-corrected chi connectivity index (χ1v) is 13.4. The number of amides is 1. The molecule has 2 saturated heterocycles. The Morgan fingerprint density at radius 1 is 0.912 bits per heavy atom. The lowest BCUT2D eigenvalue weighted by Gasteiger charge is -2.26. The maximum Gasteiger partial charge on any atom is 0.251 e. The number of sulfonamides is 1. The highest BCUT2D eigenvalue weighted by Gasteiger charge is 2.25. The molecule has 4 rings (SSSR count). The first kappa shape index (κ1) is 24.7. The summed E-state index contributed by atoms with van der Waals surface area (Å²) in [6, 6.07) is 14.1. The van der Waals surface area contributed by atoms with Crippen LogP contribution < -0.4 is 10.1 Å². The van der Waals surface area contributed by atoms with Gasteiger partial charge in [0.25, 0.3) is 5.91 Å². The van der Waals surface area contributed by atoms with E-state index in [2.05, 4.69) is 10.2 Å². The maximum absolute atomic E-state index is 12.7. The summed E-state index contributed by atoms with van der Waals surface area (Å²) in [5.41, 5.74) is 1.78. The Kier molecular flexibility index (Phi) is 8.55. The highest BCUT2D eigenvalue weighted by Crippen LogP contribution is 2.22. The van der Waals surface area contributed by atoms with E-state index in [1.165, 1.54) is 5.56 Å². The third-order valence-corrected chi connectivity index (χ3v) is 8.07. The van der Waals surface area contributed by atoms with Crippen molar-refractivity contribution < 1.29 is 22.7 Å². The quantitative estimate of drug-likeness (QED) is 0.547. The van der Waals surface area contributed by atoms with Gasteiger partial charge in [-0.15, -0.1) is 0 Å². The number of morpholine rings is 1. The molecule has 0 aliphatic carbocycles. The summed E-state index contributed by atoms with van der Waals surface area (Å²) in [6.45, 7) is 6.06. The molecular weight excluding hydrogens is 454 g/mol. The zero-order chi connectivity index (χ0) is 23.8. The highest BCUT2D eigenvalue weighted by molar-refractivity contribution is 7.89. The monoisotopic (exact) mass is 487 g/mol. The molecule has 8 nitrogen and oxygen atoms in total. The third-order valence-electron chi connectivity index (χ3n) is 6.16. The van der Waals surface area contributed by atoms with Crippen LogP contribution in [0.4, 0.5) is 0 Å². The summed E-state index contributed by atoms with van der Waals surface area (Å²) in [7, 11) is -3.44. The molecule has 2 heterocycles. The molecule has 0 radical (unpaired) electrons. The fourth-order valence-electron chi connectivity index (χ4n) is 4.18. The van der Waals surface area contributed by atoms with Crippen molar-refractivity contribution >= 4 is 15.9 Å². The first-order valence-electron chi connectivity index (χ1n) is 11.9. The van der Waals surface area contributed by atoms with Crippen LogP contribution >= 0.6 is 0 Å². The minimum Gasteiger partial charge on any atom is -0.492 e. The van der Waals surface area contributed by atoms with Crippen molar-refractivity contribution in [3.63, 3.8) is 0 Å². The van der Waals surface area contributed by atoms with Gasteiger partial charge in [0.15, 0.2) is 0 Å². The zero-order valence-corrected chi connectivity index (χ0v) is 20.3. The van der Waals surface area contributed by atoms with Crippen molar-refractivity contribution in [2.45, 2.75) is 30.7 Å². The van der Waals surface area contributed by atoms with Gasteiger partial charge in [-0.05, 0) is 54.8 Å². The molecule has 0 bridgehead atoms. The molecule has 184 valence electrons. The van der Waals surface area contributed by atoms with E-state index in [1.807, 2.05) is 24.3 Å². The Morgan fingerprint density at radius 3 is 2.26 bits per heavy atom. The van der Waals surface area contributed by atoms with Gasteiger partial charge in [-0.3, -0.25) is 9.69 Å². The number of carbonyl (C=O) groups is 1. The minimum absolute atomic E-state index is 0.149. The lowest BCUT2D eigenvalue weighted by Crippen LogP contribution is -2.35. The Morgan fingerprint density at radius 2 is 1.59 bits per heavy atom. The smallest absolute Gasteiger partial charge is 0.251 e. The van der Waals surface area contributed by atoms with Gasteiger partial charge in [0, 0.05) is 38.3 Å². The summed E-state index contributed by atoms with van der Waals surface area (Å²) < 4.78 is 38.0. The normalized spacial score (nSPS) is 17.9. The summed E-state index contributed by atoms with van der Waals surface area (Å²) in [6.07, 6.45) is 2.89. The second-order valence-corrected chi connectivity index (χ2v) is 10.6. The van der Waals surface area contributed by atoms with Crippen LogP contribution in [-0.4, -0.2) is 76.1 Å². The highest BCUT2D eigenvalue weighted by atomic mass is 32.2.